The van der Waals surface area contributed by atoms with E-state index in [-0.39, 0.29) is 0 Å². The molecule has 0 fully saturated rings. The van der Waals surface area contributed by atoms with Gasteiger partial charge >= 0.3 is 0 Å². The lowest BCUT2D eigenvalue weighted by atomic mass is 10.3. The highest BCUT2D eigenvalue weighted by molar-refractivity contribution is 5.79. The fourth-order valence-corrected chi connectivity index (χ4v) is 2.40. The largest absolute Gasteiger partial charge is 0.355 e. The Morgan fingerprint density at radius 3 is 2.62 bits per heavy atom. The predicted octanol–water partition coefficient (Wildman–Crippen LogP) is 2.04. The van der Waals surface area contributed by atoms with E-state index in [0.29, 0.717) is 6.54 Å². The van der Waals surface area contributed by atoms with Gasteiger partial charge in [-0.15, -0.1) is 0 Å². The number of guanidine groups is 1. The summed E-state index contributed by atoms with van der Waals surface area (Å²) in [4.78, 5) is 4.24. The molecule has 3 rings (SSSR count). The van der Waals surface area contributed by atoms with Crippen molar-refractivity contribution < 1.29 is 0 Å². The van der Waals surface area contributed by atoms with Crippen LogP contribution in [-0.2, 0) is 13.1 Å². The summed E-state index contributed by atoms with van der Waals surface area (Å²) in [5.74, 6) is 0.787. The van der Waals surface area contributed by atoms with Crippen LogP contribution in [0.2, 0.25) is 0 Å². The van der Waals surface area contributed by atoms with Gasteiger partial charge in [0.1, 0.15) is 0 Å². The highest BCUT2D eigenvalue weighted by Gasteiger charge is 2.02. The SMILES string of the molecule is CN=C(NCCn1cccc1)NCc1cnn(-c2ccccc2)c1. The van der Waals surface area contributed by atoms with Crippen molar-refractivity contribution in [3.63, 3.8) is 0 Å². The predicted molar refractivity (Wildman–Crippen MR) is 96.2 cm³/mol. The second-order valence-corrected chi connectivity index (χ2v) is 5.40. The number of nitrogens with zero attached hydrogens (tertiary/aromatic N) is 4. The van der Waals surface area contributed by atoms with Gasteiger partial charge in [-0.25, -0.2) is 4.68 Å². The summed E-state index contributed by atoms with van der Waals surface area (Å²) in [6.45, 7) is 2.40. The quantitative estimate of drug-likeness (QED) is 0.539. The molecule has 0 saturated carbocycles. The maximum Gasteiger partial charge on any atom is 0.191 e. The van der Waals surface area contributed by atoms with Gasteiger partial charge in [-0.3, -0.25) is 4.99 Å². The first-order valence-corrected chi connectivity index (χ1v) is 7.99. The maximum atomic E-state index is 4.40. The Kier molecular flexibility index (Phi) is 5.29. The van der Waals surface area contributed by atoms with Gasteiger partial charge in [-0.1, -0.05) is 18.2 Å². The van der Waals surface area contributed by atoms with Gasteiger partial charge in [0.15, 0.2) is 5.96 Å². The molecule has 1 aromatic carbocycles. The fourth-order valence-electron chi connectivity index (χ4n) is 2.40. The zero-order valence-corrected chi connectivity index (χ0v) is 13.8. The Balaban J connectivity index is 1.48. The third-order valence-corrected chi connectivity index (χ3v) is 3.67. The summed E-state index contributed by atoms with van der Waals surface area (Å²) in [5, 5.41) is 11.0. The van der Waals surface area contributed by atoms with Crippen molar-refractivity contribution in [2.45, 2.75) is 13.1 Å². The minimum Gasteiger partial charge on any atom is -0.355 e. The first-order valence-electron chi connectivity index (χ1n) is 7.99. The molecule has 0 atom stereocenters. The zero-order valence-electron chi connectivity index (χ0n) is 13.8. The lowest BCUT2D eigenvalue weighted by Gasteiger charge is -2.11. The molecule has 6 nitrogen and oxygen atoms in total. The zero-order chi connectivity index (χ0) is 16.6. The average molecular weight is 322 g/mol. The van der Waals surface area contributed by atoms with Gasteiger partial charge in [0.2, 0.25) is 0 Å². The molecule has 3 aromatic rings. The number of aliphatic imine (C=N–C) groups is 1. The second-order valence-electron chi connectivity index (χ2n) is 5.40. The molecule has 24 heavy (non-hydrogen) atoms. The molecular weight excluding hydrogens is 300 g/mol. The Bertz CT molecular complexity index is 758. The van der Waals surface area contributed by atoms with Crippen LogP contribution in [0.4, 0.5) is 0 Å². The van der Waals surface area contributed by atoms with Crippen molar-refractivity contribution in [2.75, 3.05) is 13.6 Å². The van der Waals surface area contributed by atoms with Crippen LogP contribution in [0.5, 0.6) is 0 Å². The molecule has 0 aliphatic heterocycles. The Morgan fingerprint density at radius 1 is 1.08 bits per heavy atom. The van der Waals surface area contributed by atoms with Crippen LogP contribution in [0.3, 0.4) is 0 Å². The first-order chi connectivity index (χ1) is 11.8. The minimum atomic E-state index is 0.677. The number of nitrogens with one attached hydrogen (secondary N) is 2. The van der Waals surface area contributed by atoms with Crippen LogP contribution in [0.25, 0.3) is 5.69 Å². The summed E-state index contributed by atoms with van der Waals surface area (Å²) in [5.41, 5.74) is 2.16. The molecule has 2 aromatic heterocycles. The number of benzene rings is 1. The van der Waals surface area contributed by atoms with Crippen LogP contribution in [0.1, 0.15) is 5.56 Å². The monoisotopic (exact) mass is 322 g/mol. The van der Waals surface area contributed by atoms with Crippen LogP contribution in [0.15, 0.2) is 72.2 Å². The molecule has 2 N–H and O–H groups in total. The molecule has 124 valence electrons. The van der Waals surface area contributed by atoms with Gasteiger partial charge in [-0.05, 0) is 24.3 Å². The number of aromatic nitrogens is 3. The lowest BCUT2D eigenvalue weighted by Crippen LogP contribution is -2.38. The molecule has 0 amide bonds. The van der Waals surface area contributed by atoms with E-state index in [1.54, 1.807) is 7.05 Å². The van der Waals surface area contributed by atoms with Crippen molar-refractivity contribution in [1.82, 2.24) is 25.0 Å². The van der Waals surface area contributed by atoms with Crippen LogP contribution in [0, 0.1) is 0 Å². The number of rotatable bonds is 6. The molecular formula is C18H22N6. The van der Waals surface area contributed by atoms with E-state index >= 15 is 0 Å². The van der Waals surface area contributed by atoms with Gasteiger partial charge in [0.05, 0.1) is 11.9 Å². The van der Waals surface area contributed by atoms with E-state index in [1.807, 2.05) is 59.5 Å². The van der Waals surface area contributed by atoms with Crippen molar-refractivity contribution >= 4 is 5.96 Å². The molecule has 2 heterocycles. The van der Waals surface area contributed by atoms with Crippen molar-refractivity contribution in [3.05, 3.63) is 72.8 Å². The highest BCUT2D eigenvalue weighted by Crippen LogP contribution is 2.07. The molecule has 0 aliphatic rings. The summed E-state index contributed by atoms with van der Waals surface area (Å²) in [6.07, 6.45) is 7.99. The standard InChI is InChI=1S/C18H22N6/c1-19-18(20-9-12-23-10-5-6-11-23)21-13-16-14-22-24(15-16)17-7-3-2-4-8-17/h2-8,10-11,14-15H,9,12-13H2,1H3,(H2,19,20,21). The Hall–Kier alpha value is -3.02. The molecule has 6 heteroatoms. The first kappa shape index (κ1) is 15.9. The Labute approximate surface area is 141 Å². The van der Waals surface area contributed by atoms with Crippen LogP contribution >= 0.6 is 0 Å². The average Bonchev–Trinajstić information content (AvgIpc) is 3.30. The van der Waals surface area contributed by atoms with Gasteiger partial charge in [0, 0.05) is 50.8 Å². The molecule has 0 aliphatic carbocycles. The number of para-hydroxylation sites is 1. The molecule has 0 spiro atoms. The topological polar surface area (TPSA) is 59.2 Å². The third kappa shape index (κ3) is 4.25. The fraction of sp³-hybridized carbons (Fsp3) is 0.222. The van der Waals surface area contributed by atoms with E-state index in [2.05, 4.69) is 37.7 Å². The molecule has 0 radical (unpaired) electrons. The maximum absolute atomic E-state index is 4.40. The van der Waals surface area contributed by atoms with E-state index in [4.69, 9.17) is 0 Å². The van der Waals surface area contributed by atoms with Crippen molar-refractivity contribution in [2.24, 2.45) is 4.99 Å². The minimum absolute atomic E-state index is 0.677. The van der Waals surface area contributed by atoms with Crippen molar-refractivity contribution in [1.29, 1.82) is 0 Å². The lowest BCUT2D eigenvalue weighted by molar-refractivity contribution is 0.665. The van der Waals surface area contributed by atoms with E-state index in [0.717, 1.165) is 30.3 Å². The highest BCUT2D eigenvalue weighted by atomic mass is 15.3. The Morgan fingerprint density at radius 2 is 1.88 bits per heavy atom. The third-order valence-electron chi connectivity index (χ3n) is 3.67. The summed E-state index contributed by atoms with van der Waals surface area (Å²) < 4.78 is 4.00. The summed E-state index contributed by atoms with van der Waals surface area (Å²) in [7, 11) is 1.78. The van der Waals surface area contributed by atoms with Crippen LogP contribution in [-0.4, -0.2) is 33.9 Å². The van der Waals surface area contributed by atoms with E-state index in [9.17, 15) is 0 Å². The summed E-state index contributed by atoms with van der Waals surface area (Å²) in [6, 6.07) is 14.1. The number of hydrogen-bond donors (Lipinski definition) is 2. The summed E-state index contributed by atoms with van der Waals surface area (Å²) >= 11 is 0. The van der Waals surface area contributed by atoms with Gasteiger partial charge in [0.25, 0.3) is 0 Å². The van der Waals surface area contributed by atoms with Gasteiger partial charge < -0.3 is 15.2 Å². The second kappa shape index (κ2) is 8.01. The van der Waals surface area contributed by atoms with Crippen LogP contribution < -0.4 is 10.6 Å². The number of hydrogen-bond acceptors (Lipinski definition) is 2. The molecule has 0 unspecified atom stereocenters. The normalized spacial score (nSPS) is 11.5. The molecule has 0 bridgehead atoms. The molecule has 0 saturated heterocycles. The van der Waals surface area contributed by atoms with E-state index < -0.39 is 0 Å². The van der Waals surface area contributed by atoms with Gasteiger partial charge in [-0.2, -0.15) is 5.10 Å². The van der Waals surface area contributed by atoms with E-state index in [1.165, 1.54) is 0 Å². The smallest absolute Gasteiger partial charge is 0.191 e. The van der Waals surface area contributed by atoms with Crippen molar-refractivity contribution in [3.8, 4) is 5.69 Å².